The molecule has 2 aromatic heterocycles. The molecule has 0 atom stereocenters. The molecule has 148 valence electrons. The highest BCUT2D eigenvalue weighted by Crippen LogP contribution is 2.36. The summed E-state index contributed by atoms with van der Waals surface area (Å²) in [4.78, 5) is 12.7. The first-order valence-electron chi connectivity index (χ1n) is 9.42. The number of hydrogen-bond donors (Lipinski definition) is 1. The highest BCUT2D eigenvalue weighted by Gasteiger charge is 2.28. The Morgan fingerprint density at radius 2 is 2.07 bits per heavy atom. The molecule has 4 rings (SSSR count). The summed E-state index contributed by atoms with van der Waals surface area (Å²) in [5.41, 5.74) is 3.44. The predicted octanol–water partition coefficient (Wildman–Crippen LogP) is 3.08. The van der Waals surface area contributed by atoms with Crippen LogP contribution in [0.1, 0.15) is 41.3 Å². The predicted molar refractivity (Wildman–Crippen MR) is 110 cm³/mol. The fraction of sp³-hybridized carbons (Fsp3) is 0.350. The van der Waals surface area contributed by atoms with E-state index >= 15 is 0 Å². The van der Waals surface area contributed by atoms with Crippen molar-refractivity contribution in [3.05, 3.63) is 52.7 Å². The van der Waals surface area contributed by atoms with Crippen LogP contribution in [0.3, 0.4) is 0 Å². The maximum absolute atomic E-state index is 12.7. The molecule has 1 saturated carbocycles. The minimum Gasteiger partial charge on any atom is -0.326 e. The minimum atomic E-state index is -0.191. The molecule has 29 heavy (non-hydrogen) atoms. The number of hydrogen-bond acceptors (Lipinski definition) is 6. The van der Waals surface area contributed by atoms with Gasteiger partial charge in [-0.15, -0.1) is 5.10 Å². The quantitative estimate of drug-likeness (QED) is 0.604. The van der Waals surface area contributed by atoms with E-state index in [1.807, 2.05) is 48.7 Å². The van der Waals surface area contributed by atoms with E-state index in [1.165, 1.54) is 11.8 Å². The van der Waals surface area contributed by atoms with Gasteiger partial charge in [0.1, 0.15) is 11.9 Å². The Labute approximate surface area is 172 Å². The van der Waals surface area contributed by atoms with E-state index in [-0.39, 0.29) is 11.7 Å². The van der Waals surface area contributed by atoms with Crippen molar-refractivity contribution in [1.82, 2.24) is 24.8 Å². The van der Waals surface area contributed by atoms with Crippen molar-refractivity contribution in [3.8, 4) is 6.07 Å². The molecule has 1 fully saturated rings. The van der Waals surface area contributed by atoms with E-state index < -0.39 is 0 Å². The first-order valence-corrected chi connectivity index (χ1v) is 10.4. The molecule has 1 N–H and O–H groups in total. The number of anilines is 1. The van der Waals surface area contributed by atoms with Gasteiger partial charge in [-0.05, 0) is 48.2 Å². The van der Waals surface area contributed by atoms with Crippen LogP contribution < -0.4 is 5.32 Å². The van der Waals surface area contributed by atoms with E-state index in [9.17, 15) is 10.1 Å². The van der Waals surface area contributed by atoms with Gasteiger partial charge in [-0.1, -0.05) is 42.1 Å². The summed E-state index contributed by atoms with van der Waals surface area (Å²) in [6.07, 6.45) is 2.14. The van der Waals surface area contributed by atoms with Gasteiger partial charge >= 0.3 is 0 Å². The number of amides is 1. The van der Waals surface area contributed by atoms with Crippen LogP contribution in [0.5, 0.6) is 0 Å². The first kappa shape index (κ1) is 19.2. The summed E-state index contributed by atoms with van der Waals surface area (Å²) in [5.74, 6) is 0.523. The number of thioether (sulfide) groups is 1. The lowest BCUT2D eigenvalue weighted by atomic mass is 10.2. The van der Waals surface area contributed by atoms with E-state index in [4.69, 9.17) is 0 Å². The van der Waals surface area contributed by atoms with Gasteiger partial charge < -0.3 is 9.88 Å². The molecule has 9 heteroatoms. The zero-order valence-corrected chi connectivity index (χ0v) is 17.1. The zero-order valence-electron chi connectivity index (χ0n) is 16.3. The van der Waals surface area contributed by atoms with Gasteiger partial charge in [0.25, 0.3) is 0 Å². The smallest absolute Gasteiger partial charge is 0.235 e. The number of carbonyl (C=O) groups excluding carboxylic acids is 1. The SMILES string of the molecule is Cc1c(C#N)c(NC(=O)CSc2nnnn2C2CC2)n(Cc2ccccc2)c1C. The summed E-state index contributed by atoms with van der Waals surface area (Å²) in [7, 11) is 0. The van der Waals surface area contributed by atoms with Crippen LogP contribution in [0.15, 0.2) is 35.5 Å². The van der Waals surface area contributed by atoms with Crippen LogP contribution in [0.4, 0.5) is 5.82 Å². The van der Waals surface area contributed by atoms with Crippen LogP contribution in [0, 0.1) is 25.2 Å². The third-order valence-electron chi connectivity index (χ3n) is 5.07. The Morgan fingerprint density at radius 3 is 2.76 bits per heavy atom. The second-order valence-electron chi connectivity index (χ2n) is 7.09. The van der Waals surface area contributed by atoms with Crippen molar-refractivity contribution < 1.29 is 4.79 Å². The number of nitrogens with zero attached hydrogens (tertiary/aromatic N) is 6. The summed E-state index contributed by atoms with van der Waals surface area (Å²) in [5, 5.41) is 25.0. The molecule has 0 aliphatic heterocycles. The third kappa shape index (κ3) is 4.03. The number of carbonyl (C=O) groups is 1. The van der Waals surface area contributed by atoms with Crippen molar-refractivity contribution in [2.24, 2.45) is 0 Å². The average molecular weight is 408 g/mol. The fourth-order valence-corrected chi connectivity index (χ4v) is 3.97. The lowest BCUT2D eigenvalue weighted by molar-refractivity contribution is -0.113. The number of rotatable bonds is 7. The maximum Gasteiger partial charge on any atom is 0.235 e. The van der Waals surface area contributed by atoms with Crippen LogP contribution in [0.25, 0.3) is 0 Å². The van der Waals surface area contributed by atoms with Gasteiger partial charge in [0, 0.05) is 12.2 Å². The van der Waals surface area contributed by atoms with Crippen molar-refractivity contribution in [3.63, 3.8) is 0 Å². The Bertz CT molecular complexity index is 1080. The van der Waals surface area contributed by atoms with Crippen molar-refractivity contribution in [1.29, 1.82) is 5.26 Å². The molecule has 0 radical (unpaired) electrons. The topological polar surface area (TPSA) is 101 Å². The van der Waals surface area contributed by atoms with Gasteiger partial charge in [-0.25, -0.2) is 4.68 Å². The molecule has 0 bridgehead atoms. The summed E-state index contributed by atoms with van der Waals surface area (Å²) in [6, 6.07) is 12.6. The number of nitriles is 1. The maximum atomic E-state index is 12.7. The lowest BCUT2D eigenvalue weighted by Crippen LogP contribution is -2.19. The molecular weight excluding hydrogens is 386 g/mol. The van der Waals surface area contributed by atoms with Crippen LogP contribution in [0.2, 0.25) is 0 Å². The van der Waals surface area contributed by atoms with E-state index in [0.29, 0.717) is 29.1 Å². The molecule has 1 amide bonds. The number of tetrazole rings is 1. The molecule has 1 aromatic carbocycles. The fourth-order valence-electron chi connectivity index (χ4n) is 3.22. The van der Waals surface area contributed by atoms with Gasteiger partial charge in [0.2, 0.25) is 11.1 Å². The second kappa shape index (κ2) is 8.09. The molecule has 1 aliphatic rings. The Balaban J connectivity index is 1.52. The van der Waals surface area contributed by atoms with Crippen LogP contribution >= 0.6 is 11.8 Å². The van der Waals surface area contributed by atoms with Gasteiger partial charge in [-0.2, -0.15) is 5.26 Å². The zero-order chi connectivity index (χ0) is 20.4. The van der Waals surface area contributed by atoms with Crippen LogP contribution in [-0.4, -0.2) is 36.4 Å². The Kier molecular flexibility index (Phi) is 5.36. The van der Waals surface area contributed by atoms with Gasteiger partial charge in [0.15, 0.2) is 0 Å². The minimum absolute atomic E-state index is 0.173. The van der Waals surface area contributed by atoms with Crippen molar-refractivity contribution >= 4 is 23.5 Å². The normalized spacial score (nSPS) is 13.3. The lowest BCUT2D eigenvalue weighted by Gasteiger charge is -2.13. The highest BCUT2D eigenvalue weighted by atomic mass is 32.2. The molecular formula is C20H21N7OS. The molecule has 0 unspecified atom stereocenters. The van der Waals surface area contributed by atoms with Gasteiger partial charge in [0.05, 0.1) is 17.4 Å². The molecule has 2 heterocycles. The molecule has 0 saturated heterocycles. The summed E-state index contributed by atoms with van der Waals surface area (Å²) in [6.45, 7) is 4.45. The third-order valence-corrected chi connectivity index (χ3v) is 6.00. The van der Waals surface area contributed by atoms with Crippen molar-refractivity contribution in [2.75, 3.05) is 11.1 Å². The van der Waals surface area contributed by atoms with Crippen molar-refractivity contribution in [2.45, 2.75) is 44.4 Å². The first-order chi connectivity index (χ1) is 14.1. The highest BCUT2D eigenvalue weighted by molar-refractivity contribution is 7.99. The number of aromatic nitrogens is 5. The average Bonchev–Trinajstić information content (AvgIpc) is 3.43. The monoisotopic (exact) mass is 407 g/mol. The molecule has 0 spiro atoms. The number of benzene rings is 1. The molecule has 3 aromatic rings. The number of nitrogens with one attached hydrogen (secondary N) is 1. The largest absolute Gasteiger partial charge is 0.326 e. The summed E-state index contributed by atoms with van der Waals surface area (Å²) < 4.78 is 3.77. The summed E-state index contributed by atoms with van der Waals surface area (Å²) >= 11 is 1.31. The van der Waals surface area contributed by atoms with E-state index in [2.05, 4.69) is 26.9 Å². The Hall–Kier alpha value is -3.12. The van der Waals surface area contributed by atoms with Crippen LogP contribution in [-0.2, 0) is 11.3 Å². The van der Waals surface area contributed by atoms with E-state index in [0.717, 1.165) is 29.7 Å². The Morgan fingerprint density at radius 1 is 1.31 bits per heavy atom. The van der Waals surface area contributed by atoms with E-state index in [1.54, 1.807) is 4.68 Å². The standard InChI is InChI=1S/C20H21N7OS/c1-13-14(2)26(11-15-6-4-3-5-7-15)19(17(13)10-21)22-18(28)12-29-20-23-24-25-27(20)16-8-9-16/h3-7,16H,8-9,11-12H2,1-2H3,(H,22,28). The molecule has 1 aliphatic carbocycles. The second-order valence-corrected chi connectivity index (χ2v) is 8.03. The van der Waals surface area contributed by atoms with Gasteiger partial charge in [-0.3, -0.25) is 4.79 Å². The molecule has 8 nitrogen and oxygen atoms in total.